The van der Waals surface area contributed by atoms with Gasteiger partial charge in [-0.2, -0.15) is 0 Å². The molecule has 0 bridgehead atoms. The van der Waals surface area contributed by atoms with Crippen molar-refractivity contribution < 1.29 is 19.7 Å². The van der Waals surface area contributed by atoms with Crippen LogP contribution in [0.3, 0.4) is 0 Å². The van der Waals surface area contributed by atoms with Crippen molar-refractivity contribution in [1.29, 1.82) is 0 Å². The van der Waals surface area contributed by atoms with E-state index in [-0.39, 0.29) is 17.5 Å². The molecule has 2 N–H and O–H groups in total. The van der Waals surface area contributed by atoms with Crippen molar-refractivity contribution in [2.75, 3.05) is 6.61 Å². The quantitative estimate of drug-likeness (QED) is 0.663. The molecule has 3 rings (SSSR count). The predicted octanol–water partition coefficient (Wildman–Crippen LogP) is 3.58. The second-order valence-electron chi connectivity index (χ2n) is 5.26. The summed E-state index contributed by atoms with van der Waals surface area (Å²) >= 11 is 1.50. The Labute approximate surface area is 137 Å². The lowest BCUT2D eigenvalue weighted by Gasteiger charge is -2.03. The maximum Gasteiger partial charge on any atom is 0.341 e. The van der Waals surface area contributed by atoms with E-state index in [9.17, 15) is 15.0 Å². The number of carbonyl (C=O) groups is 1. The van der Waals surface area contributed by atoms with Crippen molar-refractivity contribution >= 4 is 28.5 Å². The van der Waals surface area contributed by atoms with E-state index in [0.717, 1.165) is 24.8 Å². The number of phenols is 2. The minimum atomic E-state index is -0.339. The molecule has 0 spiro atoms. The Balaban J connectivity index is 1.96. The molecule has 1 aliphatic carbocycles. The monoisotopic (exact) mass is 331 g/mol. The lowest BCUT2D eigenvalue weighted by atomic mass is 10.1. The van der Waals surface area contributed by atoms with Gasteiger partial charge in [0.15, 0.2) is 0 Å². The average Bonchev–Trinajstić information content (AvgIpc) is 3.06. The highest BCUT2D eigenvalue weighted by molar-refractivity contribution is 7.16. The van der Waals surface area contributed by atoms with Gasteiger partial charge in [0.25, 0.3) is 0 Å². The summed E-state index contributed by atoms with van der Waals surface area (Å²) in [4.78, 5) is 17.8. The zero-order chi connectivity index (χ0) is 16.4. The highest BCUT2D eigenvalue weighted by Gasteiger charge is 2.27. The van der Waals surface area contributed by atoms with Crippen LogP contribution < -0.4 is 0 Å². The van der Waals surface area contributed by atoms with Gasteiger partial charge in [-0.3, -0.25) is 0 Å². The molecule has 0 atom stereocenters. The third-order valence-electron chi connectivity index (χ3n) is 3.72. The first-order valence-electron chi connectivity index (χ1n) is 7.48. The summed E-state index contributed by atoms with van der Waals surface area (Å²) in [6.45, 7) is 2.10. The van der Waals surface area contributed by atoms with Crippen molar-refractivity contribution in [3.05, 3.63) is 39.8 Å². The zero-order valence-electron chi connectivity index (χ0n) is 12.7. The van der Waals surface area contributed by atoms with Crippen molar-refractivity contribution in [2.45, 2.75) is 26.2 Å². The molecule has 1 aromatic heterocycles. The van der Waals surface area contributed by atoms with Crippen LogP contribution in [0.2, 0.25) is 0 Å². The number of aryl methyl sites for hydroxylation is 1. The first kappa shape index (κ1) is 15.6. The molecule has 0 saturated carbocycles. The Morgan fingerprint density at radius 3 is 2.96 bits per heavy atom. The van der Waals surface area contributed by atoms with Crippen LogP contribution in [-0.4, -0.2) is 29.0 Å². The molecule has 2 aromatic rings. The van der Waals surface area contributed by atoms with Crippen molar-refractivity contribution in [1.82, 2.24) is 0 Å². The number of aromatic hydroxyl groups is 2. The smallest absolute Gasteiger partial charge is 0.341 e. The van der Waals surface area contributed by atoms with Crippen molar-refractivity contribution in [2.24, 2.45) is 4.99 Å². The maximum atomic E-state index is 12.2. The molecule has 0 amide bonds. The Bertz CT molecular complexity index is 779. The molecule has 0 aliphatic heterocycles. The number of aliphatic imine (C=N–C) groups is 1. The standard InChI is InChI=1S/C17H17NO4S/c1-2-22-17(21)15-12-4-3-5-14(12)23-16(15)18-9-10-6-7-11(19)8-13(10)20/h6-9,19-20H,2-5H2,1H3. The first-order valence-corrected chi connectivity index (χ1v) is 8.29. The van der Waals surface area contributed by atoms with Crippen LogP contribution in [0, 0.1) is 0 Å². The van der Waals surface area contributed by atoms with E-state index in [2.05, 4.69) is 4.99 Å². The van der Waals surface area contributed by atoms with Crippen LogP contribution in [0.25, 0.3) is 0 Å². The fourth-order valence-electron chi connectivity index (χ4n) is 2.66. The number of hydrogen-bond donors (Lipinski definition) is 2. The van der Waals surface area contributed by atoms with Gasteiger partial charge < -0.3 is 14.9 Å². The Morgan fingerprint density at radius 1 is 1.39 bits per heavy atom. The number of fused-ring (bicyclic) bond motifs is 1. The summed E-state index contributed by atoms with van der Waals surface area (Å²) in [7, 11) is 0. The Morgan fingerprint density at radius 2 is 2.22 bits per heavy atom. The Kier molecular flexibility index (Phi) is 4.34. The number of hydrogen-bond acceptors (Lipinski definition) is 6. The minimum Gasteiger partial charge on any atom is -0.508 e. The zero-order valence-corrected chi connectivity index (χ0v) is 13.5. The molecule has 1 aromatic carbocycles. The predicted molar refractivity (Wildman–Crippen MR) is 89.3 cm³/mol. The molecule has 0 saturated heterocycles. The Hall–Kier alpha value is -2.34. The number of nitrogens with zero attached hydrogens (tertiary/aromatic N) is 1. The summed E-state index contributed by atoms with van der Waals surface area (Å²) in [5.41, 5.74) is 2.08. The van der Waals surface area contributed by atoms with Crippen molar-refractivity contribution in [3.8, 4) is 11.5 Å². The number of ether oxygens (including phenoxy) is 1. The van der Waals surface area contributed by atoms with Gasteiger partial charge in [0.05, 0.1) is 12.2 Å². The molecule has 6 heteroatoms. The van der Waals surface area contributed by atoms with Gasteiger partial charge in [-0.1, -0.05) is 0 Å². The van der Waals surface area contributed by atoms with E-state index in [1.165, 1.54) is 34.6 Å². The summed E-state index contributed by atoms with van der Waals surface area (Å²) in [6, 6.07) is 4.29. The molecule has 1 aliphatic rings. The SMILES string of the molecule is CCOC(=O)c1c(N=Cc2ccc(O)cc2O)sc2c1CCC2. The summed E-state index contributed by atoms with van der Waals surface area (Å²) in [6.07, 6.45) is 4.39. The minimum absolute atomic E-state index is 0.0121. The van der Waals surface area contributed by atoms with Crippen LogP contribution >= 0.6 is 11.3 Å². The van der Waals surface area contributed by atoms with E-state index in [1.54, 1.807) is 13.0 Å². The molecule has 0 unspecified atom stereocenters. The second-order valence-corrected chi connectivity index (χ2v) is 6.34. The van der Waals surface area contributed by atoms with Crippen molar-refractivity contribution in [3.63, 3.8) is 0 Å². The van der Waals surface area contributed by atoms with Gasteiger partial charge in [-0.15, -0.1) is 11.3 Å². The average molecular weight is 331 g/mol. The van der Waals surface area contributed by atoms with Gasteiger partial charge in [0.2, 0.25) is 0 Å². The maximum absolute atomic E-state index is 12.2. The number of rotatable bonds is 4. The summed E-state index contributed by atoms with van der Waals surface area (Å²) in [5.74, 6) is -0.411. The fraction of sp³-hybridized carbons (Fsp3) is 0.294. The van der Waals surface area contributed by atoms with Gasteiger partial charge in [-0.25, -0.2) is 9.79 Å². The van der Waals surface area contributed by atoms with E-state index >= 15 is 0 Å². The van der Waals surface area contributed by atoms with E-state index in [0.29, 0.717) is 22.7 Å². The molecule has 120 valence electrons. The van der Waals surface area contributed by atoms with Crippen LogP contribution in [0.15, 0.2) is 23.2 Å². The van der Waals surface area contributed by atoms with Gasteiger partial charge in [-0.05, 0) is 43.9 Å². The van der Waals surface area contributed by atoms with E-state index in [4.69, 9.17) is 4.74 Å². The highest BCUT2D eigenvalue weighted by atomic mass is 32.1. The molecule has 0 radical (unpaired) electrons. The molecular formula is C17H17NO4S. The lowest BCUT2D eigenvalue weighted by Crippen LogP contribution is -2.06. The molecular weight excluding hydrogens is 314 g/mol. The third kappa shape index (κ3) is 3.07. The lowest BCUT2D eigenvalue weighted by molar-refractivity contribution is 0.0527. The topological polar surface area (TPSA) is 79.1 Å². The van der Waals surface area contributed by atoms with E-state index < -0.39 is 0 Å². The second kappa shape index (κ2) is 6.42. The molecule has 0 fully saturated rings. The molecule has 5 nitrogen and oxygen atoms in total. The van der Waals surface area contributed by atoms with Gasteiger partial charge in [0, 0.05) is 22.7 Å². The van der Waals surface area contributed by atoms with Crippen LogP contribution in [0.5, 0.6) is 11.5 Å². The van der Waals surface area contributed by atoms with Crippen LogP contribution in [-0.2, 0) is 17.6 Å². The number of thiophene rings is 1. The van der Waals surface area contributed by atoms with Crippen LogP contribution in [0.1, 0.15) is 39.7 Å². The largest absolute Gasteiger partial charge is 0.508 e. The summed E-state index contributed by atoms with van der Waals surface area (Å²) in [5, 5.41) is 19.7. The fourth-order valence-corrected chi connectivity index (χ4v) is 3.89. The van der Waals surface area contributed by atoms with Gasteiger partial charge in [0.1, 0.15) is 16.5 Å². The van der Waals surface area contributed by atoms with Gasteiger partial charge >= 0.3 is 5.97 Å². The number of esters is 1. The summed E-state index contributed by atoms with van der Waals surface area (Å²) < 4.78 is 5.16. The van der Waals surface area contributed by atoms with E-state index in [1.807, 2.05) is 0 Å². The molecule has 1 heterocycles. The van der Waals surface area contributed by atoms with Crippen LogP contribution in [0.4, 0.5) is 5.00 Å². The highest BCUT2D eigenvalue weighted by Crippen LogP contribution is 2.41. The molecule has 23 heavy (non-hydrogen) atoms. The number of benzene rings is 1. The number of phenolic OH excluding ortho intramolecular Hbond substituents is 2. The third-order valence-corrected chi connectivity index (χ3v) is 4.92. The number of carbonyl (C=O) groups excluding carboxylic acids is 1. The normalized spacial score (nSPS) is 13.4. The first-order chi connectivity index (χ1) is 11.1.